The molecular formula is C16H12ClF2N3O2. The van der Waals surface area contributed by atoms with E-state index in [1.807, 2.05) is 0 Å². The fraction of sp³-hybridized carbons (Fsp3) is 0.188. The topological polar surface area (TPSA) is 62.3 Å². The van der Waals surface area contributed by atoms with E-state index in [2.05, 4.69) is 10.3 Å². The van der Waals surface area contributed by atoms with Crippen LogP contribution in [0.5, 0.6) is 0 Å². The molecule has 8 heteroatoms. The van der Waals surface area contributed by atoms with Crippen molar-refractivity contribution in [3.63, 3.8) is 0 Å². The average Bonchev–Trinajstić information content (AvgIpc) is 2.91. The number of nitrogens with one attached hydrogen (secondary N) is 1. The van der Waals surface area contributed by atoms with Crippen molar-refractivity contribution in [3.05, 3.63) is 53.2 Å². The van der Waals surface area contributed by atoms with Gasteiger partial charge in [-0.15, -0.1) is 0 Å². The van der Waals surface area contributed by atoms with E-state index >= 15 is 0 Å². The van der Waals surface area contributed by atoms with Gasteiger partial charge in [-0.2, -0.15) is 0 Å². The molecule has 1 aliphatic rings. The maximum absolute atomic E-state index is 13.8. The van der Waals surface area contributed by atoms with Gasteiger partial charge in [0.2, 0.25) is 11.8 Å². The molecule has 0 radical (unpaired) electrons. The van der Waals surface area contributed by atoms with Crippen molar-refractivity contribution in [2.45, 2.75) is 6.42 Å². The molecule has 5 nitrogen and oxygen atoms in total. The van der Waals surface area contributed by atoms with E-state index in [0.29, 0.717) is 16.9 Å². The Bertz CT molecular complexity index is 798. The van der Waals surface area contributed by atoms with Gasteiger partial charge in [0.1, 0.15) is 17.5 Å². The van der Waals surface area contributed by atoms with Crippen LogP contribution in [0.15, 0.2) is 36.5 Å². The molecule has 2 heterocycles. The summed E-state index contributed by atoms with van der Waals surface area (Å²) in [5.41, 5.74) is -0.0404. The van der Waals surface area contributed by atoms with E-state index in [0.717, 1.165) is 11.0 Å². The fourth-order valence-corrected chi connectivity index (χ4v) is 2.61. The van der Waals surface area contributed by atoms with E-state index in [4.69, 9.17) is 11.6 Å². The third kappa shape index (κ3) is 3.35. The molecule has 1 aliphatic heterocycles. The van der Waals surface area contributed by atoms with Gasteiger partial charge in [0.05, 0.1) is 16.6 Å². The highest BCUT2D eigenvalue weighted by Gasteiger charge is 2.36. The van der Waals surface area contributed by atoms with Gasteiger partial charge in [0, 0.05) is 25.2 Å². The van der Waals surface area contributed by atoms with Crippen LogP contribution in [0.25, 0.3) is 0 Å². The Labute approximate surface area is 141 Å². The minimum atomic E-state index is -0.844. The molecule has 1 N–H and O–H groups in total. The molecule has 0 saturated carbocycles. The van der Waals surface area contributed by atoms with Gasteiger partial charge in [-0.05, 0) is 24.3 Å². The maximum atomic E-state index is 13.8. The number of hydrogen-bond acceptors (Lipinski definition) is 3. The van der Waals surface area contributed by atoms with Crippen LogP contribution in [0.2, 0.25) is 5.02 Å². The van der Waals surface area contributed by atoms with Crippen molar-refractivity contribution in [3.8, 4) is 0 Å². The van der Waals surface area contributed by atoms with Crippen LogP contribution in [0, 0.1) is 17.6 Å². The quantitative estimate of drug-likeness (QED) is 0.924. The van der Waals surface area contributed by atoms with Crippen molar-refractivity contribution < 1.29 is 18.4 Å². The van der Waals surface area contributed by atoms with Crippen LogP contribution >= 0.6 is 11.6 Å². The van der Waals surface area contributed by atoms with Gasteiger partial charge in [0.15, 0.2) is 0 Å². The van der Waals surface area contributed by atoms with Gasteiger partial charge >= 0.3 is 0 Å². The zero-order valence-corrected chi connectivity index (χ0v) is 13.1. The van der Waals surface area contributed by atoms with Gasteiger partial charge < -0.3 is 10.2 Å². The van der Waals surface area contributed by atoms with E-state index < -0.39 is 29.4 Å². The number of hydrogen-bond donors (Lipinski definition) is 1. The summed E-state index contributed by atoms with van der Waals surface area (Å²) < 4.78 is 26.8. The molecule has 0 spiro atoms. The number of nitrogens with zero attached hydrogens (tertiary/aromatic N) is 2. The molecule has 3 rings (SSSR count). The highest BCUT2D eigenvalue weighted by Crippen LogP contribution is 2.28. The lowest BCUT2D eigenvalue weighted by atomic mass is 10.1. The number of rotatable bonds is 3. The van der Waals surface area contributed by atoms with Crippen molar-refractivity contribution in [2.75, 3.05) is 16.8 Å². The molecule has 1 aromatic carbocycles. The lowest BCUT2D eigenvalue weighted by molar-refractivity contribution is -0.122. The Balaban J connectivity index is 1.72. The molecule has 2 amide bonds. The highest BCUT2D eigenvalue weighted by molar-refractivity contribution is 6.30. The molecule has 2 aromatic rings. The summed E-state index contributed by atoms with van der Waals surface area (Å²) in [4.78, 5) is 29.4. The first-order chi connectivity index (χ1) is 11.4. The van der Waals surface area contributed by atoms with Crippen LogP contribution in [0.3, 0.4) is 0 Å². The smallest absolute Gasteiger partial charge is 0.230 e. The number of carbonyl (C=O) groups excluding carboxylic acids is 2. The molecule has 0 unspecified atom stereocenters. The Morgan fingerprint density at radius 2 is 2.08 bits per heavy atom. The maximum Gasteiger partial charge on any atom is 0.230 e. The second-order valence-electron chi connectivity index (χ2n) is 5.35. The van der Waals surface area contributed by atoms with E-state index in [9.17, 15) is 18.4 Å². The molecule has 24 heavy (non-hydrogen) atoms. The van der Waals surface area contributed by atoms with Crippen molar-refractivity contribution in [1.82, 2.24) is 4.98 Å². The standard InChI is InChI=1S/C16H12ClF2N3O2/c17-10-1-4-14(20-7-10)21-16(24)9-5-15(23)22(8-9)13-3-2-11(18)6-12(13)19/h1-4,6-7,9H,5,8H2,(H,20,21,24)/t9-/m1/s1. The Kier molecular flexibility index (Phi) is 4.44. The molecule has 1 aromatic heterocycles. The third-order valence-corrected chi connectivity index (χ3v) is 3.90. The fourth-order valence-electron chi connectivity index (χ4n) is 2.49. The van der Waals surface area contributed by atoms with Gasteiger partial charge in [-0.3, -0.25) is 9.59 Å². The summed E-state index contributed by atoms with van der Waals surface area (Å²) in [5.74, 6) is -2.72. The number of amides is 2. The molecular weight excluding hydrogens is 340 g/mol. The largest absolute Gasteiger partial charge is 0.310 e. The van der Waals surface area contributed by atoms with E-state index in [1.165, 1.54) is 18.3 Å². The lowest BCUT2D eigenvalue weighted by Gasteiger charge is -2.17. The number of halogens is 3. The summed E-state index contributed by atoms with van der Waals surface area (Å²) in [7, 11) is 0. The monoisotopic (exact) mass is 351 g/mol. The Morgan fingerprint density at radius 1 is 1.29 bits per heavy atom. The molecule has 1 fully saturated rings. The van der Waals surface area contributed by atoms with Crippen LogP contribution in [-0.4, -0.2) is 23.3 Å². The summed E-state index contributed by atoms with van der Waals surface area (Å²) in [6, 6.07) is 6.06. The minimum Gasteiger partial charge on any atom is -0.310 e. The van der Waals surface area contributed by atoms with Gasteiger partial charge in [-0.25, -0.2) is 13.8 Å². The predicted molar refractivity (Wildman–Crippen MR) is 84.7 cm³/mol. The molecule has 0 aliphatic carbocycles. The first-order valence-corrected chi connectivity index (χ1v) is 7.49. The summed E-state index contributed by atoms with van der Waals surface area (Å²) >= 11 is 5.72. The summed E-state index contributed by atoms with van der Waals surface area (Å²) in [6.45, 7) is 0.0147. The Morgan fingerprint density at radius 3 is 2.75 bits per heavy atom. The Hall–Kier alpha value is -2.54. The normalized spacial score (nSPS) is 17.2. The first kappa shape index (κ1) is 16.3. The van der Waals surface area contributed by atoms with Gasteiger partial charge in [-0.1, -0.05) is 11.6 Å². The summed E-state index contributed by atoms with van der Waals surface area (Å²) in [6.07, 6.45) is 1.33. The van der Waals surface area contributed by atoms with E-state index in [-0.39, 0.29) is 18.7 Å². The van der Waals surface area contributed by atoms with Crippen LogP contribution in [-0.2, 0) is 9.59 Å². The third-order valence-electron chi connectivity index (χ3n) is 3.68. The second-order valence-corrected chi connectivity index (χ2v) is 5.79. The van der Waals surface area contributed by atoms with Crippen LogP contribution in [0.1, 0.15) is 6.42 Å². The van der Waals surface area contributed by atoms with Gasteiger partial charge in [0.25, 0.3) is 0 Å². The number of aromatic nitrogens is 1. The van der Waals surface area contributed by atoms with Crippen molar-refractivity contribution in [1.29, 1.82) is 0 Å². The molecule has 1 saturated heterocycles. The predicted octanol–water partition coefficient (Wildman–Crippen LogP) is 3.00. The van der Waals surface area contributed by atoms with E-state index in [1.54, 1.807) is 6.07 Å². The van der Waals surface area contributed by atoms with Crippen molar-refractivity contribution >= 4 is 34.9 Å². The number of anilines is 2. The minimum absolute atomic E-state index is 0.0147. The highest BCUT2D eigenvalue weighted by atomic mass is 35.5. The van der Waals surface area contributed by atoms with Crippen LogP contribution in [0.4, 0.5) is 20.3 Å². The lowest BCUT2D eigenvalue weighted by Crippen LogP contribution is -2.28. The average molecular weight is 352 g/mol. The molecule has 124 valence electrons. The zero-order valence-electron chi connectivity index (χ0n) is 12.3. The number of benzene rings is 1. The summed E-state index contributed by atoms with van der Waals surface area (Å²) in [5, 5.41) is 3.02. The number of carbonyl (C=O) groups is 2. The SMILES string of the molecule is O=C(Nc1ccc(Cl)cn1)[C@@H]1CC(=O)N(c2ccc(F)cc2F)C1. The number of pyridine rings is 1. The van der Waals surface area contributed by atoms with Crippen LogP contribution < -0.4 is 10.2 Å². The molecule has 1 atom stereocenters. The second kappa shape index (κ2) is 6.52. The first-order valence-electron chi connectivity index (χ1n) is 7.12. The zero-order chi connectivity index (χ0) is 17.3. The van der Waals surface area contributed by atoms with Crippen molar-refractivity contribution in [2.24, 2.45) is 5.92 Å². The molecule has 0 bridgehead atoms.